The van der Waals surface area contributed by atoms with Crippen molar-refractivity contribution < 1.29 is 9.47 Å². The number of benzene rings is 1. The summed E-state index contributed by atoms with van der Waals surface area (Å²) < 4.78 is 11.4. The first-order chi connectivity index (χ1) is 7.99. The van der Waals surface area contributed by atoms with Crippen molar-refractivity contribution in [2.75, 3.05) is 14.2 Å². The lowest BCUT2D eigenvalue weighted by Crippen LogP contribution is -2.35. The standard InChI is InChI=1S/C14H17O2Si/c1-8-6-7-11(17)13-12(8)9(2)10(3)14(13,15-4)16-5/h6-7H,1-5H3. The van der Waals surface area contributed by atoms with Crippen LogP contribution in [0.25, 0.3) is 5.57 Å². The highest BCUT2D eigenvalue weighted by molar-refractivity contribution is 6.34. The van der Waals surface area contributed by atoms with E-state index in [0.717, 1.165) is 16.3 Å². The minimum Gasteiger partial charge on any atom is -0.346 e. The molecule has 89 valence electrons. The zero-order chi connectivity index (χ0) is 12.8. The summed E-state index contributed by atoms with van der Waals surface area (Å²) >= 11 is 0. The summed E-state index contributed by atoms with van der Waals surface area (Å²) in [6.07, 6.45) is 0. The summed E-state index contributed by atoms with van der Waals surface area (Å²) in [6, 6.07) is 4.16. The number of ether oxygens (including phenoxy) is 2. The Morgan fingerprint density at radius 3 is 2.18 bits per heavy atom. The SMILES string of the molecule is COC1(OC)C(C)=C(C)c2c(C)ccc([Si])c21. The monoisotopic (exact) mass is 245 g/mol. The van der Waals surface area contributed by atoms with Gasteiger partial charge in [0.05, 0.1) is 10.2 Å². The van der Waals surface area contributed by atoms with Gasteiger partial charge in [0.2, 0.25) is 5.79 Å². The normalized spacial score (nSPS) is 17.5. The largest absolute Gasteiger partial charge is 0.346 e. The molecule has 3 radical (unpaired) electrons. The van der Waals surface area contributed by atoms with Crippen LogP contribution in [0.5, 0.6) is 0 Å². The summed E-state index contributed by atoms with van der Waals surface area (Å²) in [7, 11) is 7.03. The molecule has 0 aliphatic heterocycles. The van der Waals surface area contributed by atoms with E-state index in [1.54, 1.807) is 14.2 Å². The van der Waals surface area contributed by atoms with Crippen LogP contribution in [0.1, 0.15) is 30.5 Å². The Kier molecular flexibility index (Phi) is 3.02. The molecule has 0 atom stereocenters. The molecule has 2 rings (SSSR count). The average Bonchev–Trinajstić information content (AvgIpc) is 2.56. The maximum Gasteiger partial charge on any atom is 0.218 e. The van der Waals surface area contributed by atoms with Gasteiger partial charge in [-0.1, -0.05) is 17.3 Å². The van der Waals surface area contributed by atoms with E-state index < -0.39 is 5.79 Å². The fraction of sp³-hybridized carbons (Fsp3) is 0.429. The lowest BCUT2D eigenvalue weighted by atomic mass is 9.98. The third-order valence-electron chi connectivity index (χ3n) is 3.75. The molecule has 0 saturated heterocycles. The van der Waals surface area contributed by atoms with Crippen LogP contribution in [0.3, 0.4) is 0 Å². The second-order valence-electron chi connectivity index (χ2n) is 4.45. The van der Waals surface area contributed by atoms with E-state index in [1.807, 2.05) is 6.07 Å². The van der Waals surface area contributed by atoms with Crippen LogP contribution >= 0.6 is 0 Å². The Morgan fingerprint density at radius 2 is 1.65 bits per heavy atom. The third kappa shape index (κ3) is 1.46. The number of methoxy groups -OCH3 is 2. The van der Waals surface area contributed by atoms with E-state index in [0.29, 0.717) is 0 Å². The quantitative estimate of drug-likeness (QED) is 0.586. The maximum absolute atomic E-state index is 5.68. The van der Waals surface area contributed by atoms with Crippen LogP contribution < -0.4 is 5.19 Å². The predicted octanol–water partition coefficient (Wildman–Crippen LogP) is 2.04. The molecule has 0 amide bonds. The summed E-state index contributed by atoms with van der Waals surface area (Å²) in [5.41, 5.74) is 5.91. The van der Waals surface area contributed by atoms with Gasteiger partial charge in [0.15, 0.2) is 0 Å². The Labute approximate surface area is 106 Å². The molecule has 0 spiro atoms. The molecule has 0 aromatic heterocycles. The van der Waals surface area contributed by atoms with Crippen LogP contribution in [0, 0.1) is 6.92 Å². The first kappa shape index (κ1) is 12.6. The first-order valence-corrected chi connectivity index (χ1v) is 6.14. The van der Waals surface area contributed by atoms with Crippen molar-refractivity contribution in [2.45, 2.75) is 26.6 Å². The molecule has 0 bridgehead atoms. The number of hydrogen-bond acceptors (Lipinski definition) is 2. The van der Waals surface area contributed by atoms with Crippen LogP contribution in [-0.4, -0.2) is 24.5 Å². The van der Waals surface area contributed by atoms with Crippen molar-refractivity contribution in [1.29, 1.82) is 0 Å². The van der Waals surface area contributed by atoms with Gasteiger partial charge in [-0.2, -0.15) is 0 Å². The zero-order valence-electron chi connectivity index (χ0n) is 11.0. The Balaban J connectivity index is 2.85. The first-order valence-electron chi connectivity index (χ1n) is 5.64. The summed E-state index contributed by atoms with van der Waals surface area (Å²) in [5.74, 6) is -0.748. The Morgan fingerprint density at radius 1 is 1.06 bits per heavy atom. The predicted molar refractivity (Wildman–Crippen MR) is 70.5 cm³/mol. The molecule has 0 unspecified atom stereocenters. The molecule has 0 heterocycles. The summed E-state index contributed by atoms with van der Waals surface area (Å²) in [4.78, 5) is 0. The topological polar surface area (TPSA) is 18.5 Å². The lowest BCUT2D eigenvalue weighted by Gasteiger charge is -2.30. The average molecular weight is 245 g/mol. The van der Waals surface area contributed by atoms with E-state index in [1.165, 1.54) is 16.7 Å². The van der Waals surface area contributed by atoms with Gasteiger partial charge in [0, 0.05) is 19.8 Å². The van der Waals surface area contributed by atoms with Crippen molar-refractivity contribution in [3.8, 4) is 0 Å². The van der Waals surface area contributed by atoms with Gasteiger partial charge in [-0.05, 0) is 43.0 Å². The lowest BCUT2D eigenvalue weighted by molar-refractivity contribution is -0.183. The van der Waals surface area contributed by atoms with E-state index >= 15 is 0 Å². The number of rotatable bonds is 2. The van der Waals surface area contributed by atoms with Gasteiger partial charge in [-0.25, -0.2) is 0 Å². The Hall–Kier alpha value is -0.903. The smallest absolute Gasteiger partial charge is 0.218 e. The minimum atomic E-state index is -0.748. The third-order valence-corrected chi connectivity index (χ3v) is 4.17. The number of fused-ring (bicyclic) bond motifs is 1. The van der Waals surface area contributed by atoms with Gasteiger partial charge >= 0.3 is 0 Å². The summed E-state index contributed by atoms with van der Waals surface area (Å²) in [6.45, 7) is 6.29. The highest BCUT2D eigenvalue weighted by Crippen LogP contribution is 2.47. The van der Waals surface area contributed by atoms with Crippen molar-refractivity contribution in [3.05, 3.63) is 34.4 Å². The fourth-order valence-electron chi connectivity index (χ4n) is 2.75. The van der Waals surface area contributed by atoms with Crippen molar-refractivity contribution in [3.63, 3.8) is 0 Å². The zero-order valence-corrected chi connectivity index (χ0v) is 12.0. The van der Waals surface area contributed by atoms with Crippen LogP contribution in [-0.2, 0) is 15.3 Å². The van der Waals surface area contributed by atoms with E-state index in [4.69, 9.17) is 9.47 Å². The highest BCUT2D eigenvalue weighted by Gasteiger charge is 2.44. The molecule has 2 nitrogen and oxygen atoms in total. The molecule has 0 saturated carbocycles. The molecule has 0 N–H and O–H groups in total. The van der Waals surface area contributed by atoms with Gasteiger partial charge in [-0.3, -0.25) is 0 Å². The van der Waals surface area contributed by atoms with Gasteiger partial charge in [0.1, 0.15) is 0 Å². The molecule has 17 heavy (non-hydrogen) atoms. The molecular weight excluding hydrogens is 228 g/mol. The molecule has 1 aliphatic rings. The molecule has 1 aliphatic carbocycles. The second kappa shape index (κ2) is 4.09. The molecular formula is C14H17O2Si. The van der Waals surface area contributed by atoms with Crippen LogP contribution in [0.4, 0.5) is 0 Å². The van der Waals surface area contributed by atoms with Gasteiger partial charge < -0.3 is 9.47 Å². The number of hydrogen-bond donors (Lipinski definition) is 0. The highest BCUT2D eigenvalue weighted by atomic mass is 28.1. The minimum absolute atomic E-state index is 0.748. The van der Waals surface area contributed by atoms with Crippen molar-refractivity contribution in [2.24, 2.45) is 0 Å². The molecule has 3 heteroatoms. The maximum atomic E-state index is 5.68. The molecule has 0 fully saturated rings. The summed E-state index contributed by atoms with van der Waals surface area (Å²) in [5, 5.41) is 1.02. The Bertz CT molecular complexity index is 499. The van der Waals surface area contributed by atoms with Crippen molar-refractivity contribution in [1.82, 2.24) is 0 Å². The second-order valence-corrected chi connectivity index (χ2v) is 4.99. The van der Waals surface area contributed by atoms with Gasteiger partial charge in [-0.15, -0.1) is 0 Å². The number of aryl methyl sites for hydroxylation is 1. The molecule has 1 aromatic carbocycles. The number of allylic oxidation sites excluding steroid dienone is 1. The fourth-order valence-corrected chi connectivity index (χ4v) is 3.12. The van der Waals surface area contributed by atoms with E-state index in [2.05, 4.69) is 37.1 Å². The van der Waals surface area contributed by atoms with E-state index in [9.17, 15) is 0 Å². The van der Waals surface area contributed by atoms with Gasteiger partial charge in [0.25, 0.3) is 0 Å². The van der Waals surface area contributed by atoms with Crippen LogP contribution in [0.15, 0.2) is 17.7 Å². The van der Waals surface area contributed by atoms with Crippen LogP contribution in [0.2, 0.25) is 0 Å². The molecule has 1 aromatic rings. The van der Waals surface area contributed by atoms with Crippen molar-refractivity contribution >= 4 is 21.0 Å². The van der Waals surface area contributed by atoms with E-state index in [-0.39, 0.29) is 0 Å².